The maximum Gasteiger partial charge on any atom is 0.416 e. The Labute approximate surface area is 178 Å². The monoisotopic (exact) mass is 427 g/mol. The van der Waals surface area contributed by atoms with Crippen molar-refractivity contribution in [2.45, 2.75) is 51.4 Å². The number of nitrogens with one attached hydrogen (secondary N) is 1. The third-order valence-electron chi connectivity index (χ3n) is 5.74. The summed E-state index contributed by atoms with van der Waals surface area (Å²) in [4.78, 5) is 18.2. The van der Waals surface area contributed by atoms with Crippen LogP contribution in [0.15, 0.2) is 59.4 Å². The molecule has 4 rings (SSSR count). The number of hydrogen-bond acceptors (Lipinski definition) is 3. The predicted molar refractivity (Wildman–Crippen MR) is 115 cm³/mol. The van der Waals surface area contributed by atoms with Crippen molar-refractivity contribution in [3.05, 3.63) is 81.9 Å². The maximum absolute atomic E-state index is 13.5. The zero-order valence-electron chi connectivity index (χ0n) is 17.2. The van der Waals surface area contributed by atoms with Gasteiger partial charge in [-0.15, -0.1) is 0 Å². The van der Waals surface area contributed by atoms with Crippen molar-refractivity contribution >= 4 is 5.82 Å². The Morgan fingerprint density at radius 2 is 1.68 bits per heavy atom. The van der Waals surface area contributed by atoms with Crippen molar-refractivity contribution in [3.8, 4) is 11.1 Å². The van der Waals surface area contributed by atoms with Crippen molar-refractivity contribution in [2.75, 3.05) is 5.32 Å². The van der Waals surface area contributed by atoms with E-state index in [1.807, 2.05) is 30.3 Å². The highest BCUT2D eigenvalue weighted by Gasteiger charge is 2.30. The molecular weight excluding hydrogens is 403 g/mol. The molecule has 1 aliphatic rings. The van der Waals surface area contributed by atoms with Gasteiger partial charge in [-0.3, -0.25) is 9.36 Å². The SMILES string of the molecule is Cc1nc(NC2CCCC2)c(-c2ccc(C(F)(F)F)cc2)c(=O)n1Cc1ccccc1. The Hall–Kier alpha value is -3.09. The number of aromatic nitrogens is 2. The minimum atomic E-state index is -4.43. The first-order valence-corrected chi connectivity index (χ1v) is 10.4. The van der Waals surface area contributed by atoms with E-state index in [-0.39, 0.29) is 11.6 Å². The van der Waals surface area contributed by atoms with Crippen LogP contribution in [0.25, 0.3) is 11.1 Å². The van der Waals surface area contributed by atoms with Crippen molar-refractivity contribution in [1.82, 2.24) is 9.55 Å². The van der Waals surface area contributed by atoms with Gasteiger partial charge in [0.1, 0.15) is 11.6 Å². The van der Waals surface area contributed by atoms with Gasteiger partial charge in [0.2, 0.25) is 0 Å². The third-order valence-corrected chi connectivity index (χ3v) is 5.74. The summed E-state index contributed by atoms with van der Waals surface area (Å²) in [6, 6.07) is 14.5. The average molecular weight is 427 g/mol. The molecule has 1 aromatic heterocycles. The summed E-state index contributed by atoms with van der Waals surface area (Å²) in [5.41, 5.74) is 0.669. The molecule has 4 nitrogen and oxygen atoms in total. The molecule has 0 amide bonds. The first-order chi connectivity index (χ1) is 14.8. The summed E-state index contributed by atoms with van der Waals surface area (Å²) in [6.45, 7) is 2.12. The Morgan fingerprint density at radius 1 is 1.03 bits per heavy atom. The van der Waals surface area contributed by atoms with Crippen LogP contribution in [0.4, 0.5) is 19.0 Å². The Kier molecular flexibility index (Phi) is 5.85. The van der Waals surface area contributed by atoms with Gasteiger partial charge in [-0.1, -0.05) is 55.3 Å². The van der Waals surface area contributed by atoms with Gasteiger partial charge in [-0.25, -0.2) is 4.98 Å². The highest BCUT2D eigenvalue weighted by atomic mass is 19.4. The fourth-order valence-corrected chi connectivity index (χ4v) is 4.07. The van der Waals surface area contributed by atoms with E-state index in [0.29, 0.717) is 29.3 Å². The lowest BCUT2D eigenvalue weighted by atomic mass is 10.0. The summed E-state index contributed by atoms with van der Waals surface area (Å²) in [7, 11) is 0. The second-order valence-corrected chi connectivity index (χ2v) is 7.96. The van der Waals surface area contributed by atoms with E-state index in [9.17, 15) is 18.0 Å². The van der Waals surface area contributed by atoms with E-state index in [4.69, 9.17) is 0 Å². The first kappa shape index (κ1) is 21.2. The van der Waals surface area contributed by atoms with Gasteiger partial charge in [0.05, 0.1) is 17.7 Å². The quantitative estimate of drug-likeness (QED) is 0.573. The number of aryl methyl sites for hydroxylation is 1. The fourth-order valence-electron chi connectivity index (χ4n) is 4.07. The molecule has 3 aromatic rings. The van der Waals surface area contributed by atoms with E-state index in [2.05, 4.69) is 10.3 Å². The summed E-state index contributed by atoms with van der Waals surface area (Å²) < 4.78 is 40.6. The second kappa shape index (κ2) is 8.57. The van der Waals surface area contributed by atoms with Gasteiger partial charge >= 0.3 is 6.18 Å². The molecule has 7 heteroatoms. The molecule has 1 fully saturated rings. The molecule has 162 valence electrons. The van der Waals surface area contributed by atoms with Crippen LogP contribution in [-0.4, -0.2) is 15.6 Å². The highest BCUT2D eigenvalue weighted by molar-refractivity contribution is 5.75. The molecule has 0 bridgehead atoms. The van der Waals surface area contributed by atoms with Crippen LogP contribution in [0.3, 0.4) is 0 Å². The molecule has 1 N–H and O–H groups in total. The second-order valence-electron chi connectivity index (χ2n) is 7.96. The van der Waals surface area contributed by atoms with Crippen LogP contribution < -0.4 is 10.9 Å². The van der Waals surface area contributed by atoms with E-state index in [0.717, 1.165) is 43.4 Å². The molecule has 0 unspecified atom stereocenters. The standard InChI is InChI=1S/C24H24F3N3O/c1-16-28-22(29-20-9-5-6-10-20)21(18-11-13-19(14-12-18)24(25,26)27)23(31)30(16)15-17-7-3-2-4-8-17/h2-4,7-8,11-14,20,29H,5-6,9-10,15H2,1H3. The topological polar surface area (TPSA) is 46.9 Å². The van der Waals surface area contributed by atoms with E-state index in [1.54, 1.807) is 11.5 Å². The van der Waals surface area contributed by atoms with Crippen molar-refractivity contribution in [1.29, 1.82) is 0 Å². The first-order valence-electron chi connectivity index (χ1n) is 10.4. The predicted octanol–water partition coefficient (Wildman–Crippen LogP) is 5.64. The molecular formula is C24H24F3N3O. The summed E-state index contributed by atoms with van der Waals surface area (Å²) in [6.07, 6.45) is -0.238. The molecule has 1 heterocycles. The van der Waals surface area contributed by atoms with Gasteiger partial charge in [0.15, 0.2) is 0 Å². The normalized spacial score (nSPS) is 14.7. The fraction of sp³-hybridized carbons (Fsp3) is 0.333. The van der Waals surface area contributed by atoms with Crippen molar-refractivity contribution in [3.63, 3.8) is 0 Å². The molecule has 1 saturated carbocycles. The molecule has 31 heavy (non-hydrogen) atoms. The van der Waals surface area contributed by atoms with Crippen LogP contribution in [-0.2, 0) is 12.7 Å². The van der Waals surface area contributed by atoms with Crippen LogP contribution in [0, 0.1) is 6.92 Å². The molecule has 2 aromatic carbocycles. The smallest absolute Gasteiger partial charge is 0.367 e. The lowest BCUT2D eigenvalue weighted by molar-refractivity contribution is -0.137. The average Bonchev–Trinajstić information content (AvgIpc) is 3.24. The number of halogens is 3. The van der Waals surface area contributed by atoms with Gasteiger partial charge in [0.25, 0.3) is 5.56 Å². The van der Waals surface area contributed by atoms with Crippen LogP contribution in [0.2, 0.25) is 0 Å². The molecule has 0 atom stereocenters. The lowest BCUT2D eigenvalue weighted by Gasteiger charge is -2.19. The summed E-state index contributed by atoms with van der Waals surface area (Å²) in [5, 5.41) is 3.38. The largest absolute Gasteiger partial charge is 0.416 e. The molecule has 0 radical (unpaired) electrons. The van der Waals surface area contributed by atoms with Crippen LogP contribution in [0.1, 0.15) is 42.6 Å². The van der Waals surface area contributed by atoms with Gasteiger partial charge in [0, 0.05) is 6.04 Å². The zero-order valence-corrected chi connectivity index (χ0v) is 17.2. The number of alkyl halides is 3. The Balaban J connectivity index is 1.81. The molecule has 0 spiro atoms. The highest BCUT2D eigenvalue weighted by Crippen LogP contribution is 2.32. The number of benzene rings is 2. The number of hydrogen-bond donors (Lipinski definition) is 1. The van der Waals surface area contributed by atoms with Gasteiger partial charge in [-0.05, 0) is 43.0 Å². The van der Waals surface area contributed by atoms with Crippen molar-refractivity contribution in [2.24, 2.45) is 0 Å². The number of rotatable bonds is 5. The molecule has 0 saturated heterocycles. The minimum absolute atomic E-state index is 0.212. The lowest BCUT2D eigenvalue weighted by Crippen LogP contribution is -2.29. The van der Waals surface area contributed by atoms with Crippen LogP contribution >= 0.6 is 0 Å². The molecule has 0 aliphatic heterocycles. The van der Waals surface area contributed by atoms with E-state index >= 15 is 0 Å². The van der Waals surface area contributed by atoms with Gasteiger partial charge in [-0.2, -0.15) is 13.2 Å². The maximum atomic E-state index is 13.5. The Morgan fingerprint density at radius 3 is 2.29 bits per heavy atom. The summed E-state index contributed by atoms with van der Waals surface area (Å²) >= 11 is 0. The van der Waals surface area contributed by atoms with Gasteiger partial charge < -0.3 is 5.32 Å². The van der Waals surface area contributed by atoms with Crippen molar-refractivity contribution < 1.29 is 13.2 Å². The Bertz CT molecular complexity index is 1100. The molecule has 1 aliphatic carbocycles. The van der Waals surface area contributed by atoms with E-state index in [1.165, 1.54) is 12.1 Å². The zero-order chi connectivity index (χ0) is 22.0. The minimum Gasteiger partial charge on any atom is -0.367 e. The third kappa shape index (κ3) is 4.65. The number of anilines is 1. The number of nitrogens with zero attached hydrogens (tertiary/aromatic N) is 2. The summed E-state index contributed by atoms with van der Waals surface area (Å²) in [5.74, 6) is 1.00. The van der Waals surface area contributed by atoms with E-state index < -0.39 is 11.7 Å². The van der Waals surface area contributed by atoms with Crippen LogP contribution in [0.5, 0.6) is 0 Å².